The number of hydrogen-bond acceptors (Lipinski definition) is 5. The standard InChI is InChI=1S/C15H18N2O5S/c1-10-12-9-11(23(19,20)17-5-7-21-8-6-17)3-4-13(12)22-14(10)15(18)16-2/h3-4,9H,5-8H2,1-2H3,(H,16,18). The van der Waals surface area contributed by atoms with Crippen molar-refractivity contribution in [2.45, 2.75) is 11.8 Å². The molecule has 0 radical (unpaired) electrons. The number of aryl methyl sites for hydroxylation is 1. The predicted molar refractivity (Wildman–Crippen MR) is 83.9 cm³/mol. The van der Waals surface area contributed by atoms with Gasteiger partial charge in [-0.1, -0.05) is 0 Å². The summed E-state index contributed by atoms with van der Waals surface area (Å²) in [6.07, 6.45) is 0. The van der Waals surface area contributed by atoms with Crippen LogP contribution in [-0.2, 0) is 14.8 Å². The quantitative estimate of drug-likeness (QED) is 0.906. The zero-order valence-corrected chi connectivity index (χ0v) is 13.8. The molecule has 1 amide bonds. The molecule has 0 saturated carbocycles. The number of nitrogens with zero attached hydrogens (tertiary/aromatic N) is 1. The molecule has 23 heavy (non-hydrogen) atoms. The highest BCUT2D eigenvalue weighted by Crippen LogP contribution is 2.29. The van der Waals surface area contributed by atoms with Crippen LogP contribution in [0, 0.1) is 6.92 Å². The van der Waals surface area contributed by atoms with E-state index in [1.807, 2.05) is 0 Å². The molecule has 1 N–H and O–H groups in total. The van der Waals surface area contributed by atoms with E-state index in [0.29, 0.717) is 42.8 Å². The smallest absolute Gasteiger partial charge is 0.287 e. The second-order valence-electron chi connectivity index (χ2n) is 5.31. The number of benzene rings is 1. The van der Waals surface area contributed by atoms with E-state index in [9.17, 15) is 13.2 Å². The van der Waals surface area contributed by atoms with Gasteiger partial charge < -0.3 is 14.5 Å². The first-order valence-corrected chi connectivity index (χ1v) is 8.72. The largest absolute Gasteiger partial charge is 0.451 e. The van der Waals surface area contributed by atoms with Crippen LogP contribution in [0.3, 0.4) is 0 Å². The van der Waals surface area contributed by atoms with Gasteiger partial charge in [-0.3, -0.25) is 4.79 Å². The van der Waals surface area contributed by atoms with Crippen LogP contribution in [0.15, 0.2) is 27.5 Å². The molecule has 0 atom stereocenters. The van der Waals surface area contributed by atoms with Crippen LogP contribution >= 0.6 is 0 Å². The van der Waals surface area contributed by atoms with Crippen molar-refractivity contribution >= 4 is 26.9 Å². The molecule has 2 heterocycles. The summed E-state index contributed by atoms with van der Waals surface area (Å²) in [6, 6.07) is 4.65. The molecule has 3 rings (SSSR count). The Morgan fingerprint density at radius 3 is 2.61 bits per heavy atom. The first kappa shape index (κ1) is 16.0. The third-order valence-corrected chi connectivity index (χ3v) is 5.84. The number of furan rings is 1. The molecule has 124 valence electrons. The molecule has 1 aromatic heterocycles. The van der Waals surface area contributed by atoms with Gasteiger partial charge in [0.25, 0.3) is 5.91 Å². The molecule has 1 aliphatic rings. The Kier molecular flexibility index (Phi) is 4.13. The number of amides is 1. The van der Waals surface area contributed by atoms with E-state index in [-0.39, 0.29) is 16.6 Å². The maximum absolute atomic E-state index is 12.7. The van der Waals surface area contributed by atoms with Crippen LogP contribution in [0.5, 0.6) is 0 Å². The fourth-order valence-electron chi connectivity index (χ4n) is 2.63. The van der Waals surface area contributed by atoms with Crippen molar-refractivity contribution in [1.29, 1.82) is 0 Å². The van der Waals surface area contributed by atoms with Gasteiger partial charge in [0.1, 0.15) is 5.58 Å². The molecule has 0 unspecified atom stereocenters. The zero-order valence-electron chi connectivity index (χ0n) is 13.0. The third kappa shape index (κ3) is 2.73. The third-order valence-electron chi connectivity index (χ3n) is 3.95. The molecule has 8 heteroatoms. The van der Waals surface area contributed by atoms with Gasteiger partial charge >= 0.3 is 0 Å². The minimum absolute atomic E-state index is 0.194. The Bertz CT molecular complexity index is 850. The Balaban J connectivity index is 2.06. The molecule has 1 aliphatic heterocycles. The second kappa shape index (κ2) is 5.95. The SMILES string of the molecule is CNC(=O)c1oc2ccc(S(=O)(=O)N3CCOCC3)cc2c1C. The van der Waals surface area contributed by atoms with Crippen LogP contribution in [0.2, 0.25) is 0 Å². The van der Waals surface area contributed by atoms with Crippen LogP contribution in [0.1, 0.15) is 16.1 Å². The fraction of sp³-hybridized carbons (Fsp3) is 0.400. The number of fused-ring (bicyclic) bond motifs is 1. The summed E-state index contributed by atoms with van der Waals surface area (Å²) in [4.78, 5) is 12.0. The van der Waals surface area contributed by atoms with Crippen molar-refractivity contribution in [2.75, 3.05) is 33.4 Å². The minimum Gasteiger partial charge on any atom is -0.451 e. The fourth-order valence-corrected chi connectivity index (χ4v) is 4.06. The van der Waals surface area contributed by atoms with E-state index in [1.165, 1.54) is 17.4 Å². The van der Waals surface area contributed by atoms with Crippen LogP contribution in [0.4, 0.5) is 0 Å². The average molecular weight is 338 g/mol. The molecule has 7 nitrogen and oxygen atoms in total. The van der Waals surface area contributed by atoms with Gasteiger partial charge in [-0.05, 0) is 25.1 Å². The minimum atomic E-state index is -3.58. The average Bonchev–Trinajstić information content (AvgIpc) is 2.91. The Labute approximate surface area is 134 Å². The van der Waals surface area contributed by atoms with Gasteiger partial charge in [-0.2, -0.15) is 4.31 Å². The number of ether oxygens (including phenoxy) is 1. The molecule has 0 aliphatic carbocycles. The van der Waals surface area contributed by atoms with Crippen molar-refractivity contribution in [3.8, 4) is 0 Å². The number of rotatable bonds is 3. The zero-order chi connectivity index (χ0) is 16.6. The van der Waals surface area contributed by atoms with Gasteiger partial charge in [-0.25, -0.2) is 8.42 Å². The number of sulfonamides is 1. The highest BCUT2D eigenvalue weighted by atomic mass is 32.2. The molecule has 1 fully saturated rings. The number of nitrogens with one attached hydrogen (secondary N) is 1. The number of carbonyl (C=O) groups excluding carboxylic acids is 1. The monoisotopic (exact) mass is 338 g/mol. The van der Waals surface area contributed by atoms with Gasteiger partial charge in [0.15, 0.2) is 5.76 Å². The summed E-state index contributed by atoms with van der Waals surface area (Å²) in [5.74, 6) is -0.139. The van der Waals surface area contributed by atoms with Crippen molar-refractivity contribution in [3.63, 3.8) is 0 Å². The first-order chi connectivity index (χ1) is 10.9. The first-order valence-electron chi connectivity index (χ1n) is 7.28. The summed E-state index contributed by atoms with van der Waals surface area (Å²) in [7, 11) is -2.06. The van der Waals surface area contributed by atoms with E-state index in [1.54, 1.807) is 19.1 Å². The van der Waals surface area contributed by atoms with Crippen LogP contribution < -0.4 is 5.32 Å². The number of morpholine rings is 1. The van der Waals surface area contributed by atoms with E-state index >= 15 is 0 Å². The molecular formula is C15H18N2O5S. The highest BCUT2D eigenvalue weighted by Gasteiger charge is 2.27. The lowest BCUT2D eigenvalue weighted by Gasteiger charge is -2.26. The van der Waals surface area contributed by atoms with Gasteiger partial charge in [-0.15, -0.1) is 0 Å². The van der Waals surface area contributed by atoms with Crippen molar-refractivity contribution < 1.29 is 22.4 Å². The van der Waals surface area contributed by atoms with Crippen molar-refractivity contribution in [2.24, 2.45) is 0 Å². The molecule has 1 aromatic carbocycles. The number of hydrogen-bond donors (Lipinski definition) is 1. The Hall–Kier alpha value is -1.90. The van der Waals surface area contributed by atoms with E-state index in [0.717, 1.165) is 0 Å². The van der Waals surface area contributed by atoms with Crippen molar-refractivity contribution in [1.82, 2.24) is 9.62 Å². The maximum Gasteiger partial charge on any atom is 0.287 e. The predicted octanol–water partition coefficient (Wildman–Crippen LogP) is 1.12. The lowest BCUT2D eigenvalue weighted by molar-refractivity contribution is 0.0730. The topological polar surface area (TPSA) is 88.8 Å². The van der Waals surface area contributed by atoms with Crippen molar-refractivity contribution in [3.05, 3.63) is 29.5 Å². The van der Waals surface area contributed by atoms with Gasteiger partial charge in [0.2, 0.25) is 10.0 Å². The van der Waals surface area contributed by atoms with Crippen LogP contribution in [-0.4, -0.2) is 52.0 Å². The summed E-state index contributed by atoms with van der Waals surface area (Å²) in [6.45, 7) is 3.21. The summed E-state index contributed by atoms with van der Waals surface area (Å²) < 4.78 is 37.5. The van der Waals surface area contributed by atoms with E-state index < -0.39 is 10.0 Å². The number of carbonyl (C=O) groups is 1. The Morgan fingerprint density at radius 2 is 1.96 bits per heavy atom. The maximum atomic E-state index is 12.7. The summed E-state index contributed by atoms with van der Waals surface area (Å²) >= 11 is 0. The molecule has 0 bridgehead atoms. The second-order valence-corrected chi connectivity index (χ2v) is 7.25. The molecular weight excluding hydrogens is 320 g/mol. The highest BCUT2D eigenvalue weighted by molar-refractivity contribution is 7.89. The lowest BCUT2D eigenvalue weighted by atomic mass is 10.1. The molecule has 0 spiro atoms. The lowest BCUT2D eigenvalue weighted by Crippen LogP contribution is -2.40. The van der Waals surface area contributed by atoms with E-state index in [4.69, 9.17) is 9.15 Å². The van der Waals surface area contributed by atoms with Gasteiger partial charge in [0.05, 0.1) is 18.1 Å². The van der Waals surface area contributed by atoms with Crippen LogP contribution in [0.25, 0.3) is 11.0 Å². The summed E-state index contributed by atoms with van der Waals surface area (Å²) in [5, 5.41) is 3.13. The van der Waals surface area contributed by atoms with E-state index in [2.05, 4.69) is 5.32 Å². The molecule has 2 aromatic rings. The van der Waals surface area contributed by atoms with Gasteiger partial charge in [0, 0.05) is 31.1 Å². The Morgan fingerprint density at radius 1 is 1.26 bits per heavy atom. The molecule has 1 saturated heterocycles. The normalized spacial score (nSPS) is 16.6. The summed E-state index contributed by atoms with van der Waals surface area (Å²) in [5.41, 5.74) is 1.11.